The van der Waals surface area contributed by atoms with Gasteiger partial charge >= 0.3 is 6.61 Å². The summed E-state index contributed by atoms with van der Waals surface area (Å²) in [6, 6.07) is 6.27. The number of amides is 1. The molecular formula is C19H22F2N2O3S. The van der Waals surface area contributed by atoms with Crippen molar-refractivity contribution >= 4 is 22.4 Å². The summed E-state index contributed by atoms with van der Waals surface area (Å²) >= 11 is 1.36. The van der Waals surface area contributed by atoms with Gasteiger partial charge in [-0.2, -0.15) is 8.78 Å². The standard InChI is InChI=1S/C19H22F2N2O3S/c1-12-17(13-7-9-15(10-8-13)26-18(20)21)23-19(27-12)22-16(24)11-25-14-5-3-2-4-6-14/h7-10,14,18H,2-6,11H2,1H3,(H,22,23,24). The molecule has 0 bridgehead atoms. The lowest BCUT2D eigenvalue weighted by Gasteiger charge is -2.21. The number of aromatic nitrogens is 1. The number of thiazole rings is 1. The van der Waals surface area contributed by atoms with Crippen molar-refractivity contribution in [2.75, 3.05) is 11.9 Å². The molecule has 3 rings (SSSR count). The molecule has 1 N–H and O–H groups in total. The number of nitrogens with zero attached hydrogens (tertiary/aromatic N) is 1. The highest BCUT2D eigenvalue weighted by atomic mass is 32.1. The van der Waals surface area contributed by atoms with E-state index in [0.29, 0.717) is 10.8 Å². The predicted octanol–water partition coefficient (Wildman–Crippen LogP) is 5.01. The molecule has 2 aromatic rings. The Morgan fingerprint density at radius 1 is 1.26 bits per heavy atom. The maximum Gasteiger partial charge on any atom is 0.387 e. The largest absolute Gasteiger partial charge is 0.435 e. The Bertz CT molecular complexity index is 759. The third kappa shape index (κ3) is 5.71. The molecule has 1 heterocycles. The van der Waals surface area contributed by atoms with E-state index >= 15 is 0 Å². The first-order chi connectivity index (χ1) is 13.0. The van der Waals surface area contributed by atoms with Crippen molar-refractivity contribution in [2.45, 2.75) is 51.7 Å². The normalized spacial score (nSPS) is 15.1. The van der Waals surface area contributed by atoms with Crippen LogP contribution in [0.1, 0.15) is 37.0 Å². The average Bonchev–Trinajstić information content (AvgIpc) is 3.01. The molecule has 0 aliphatic heterocycles. The van der Waals surface area contributed by atoms with Crippen molar-refractivity contribution in [3.63, 3.8) is 0 Å². The monoisotopic (exact) mass is 396 g/mol. The lowest BCUT2D eigenvalue weighted by atomic mass is 9.98. The van der Waals surface area contributed by atoms with Crippen LogP contribution in [-0.2, 0) is 9.53 Å². The van der Waals surface area contributed by atoms with Gasteiger partial charge in [0.25, 0.3) is 5.91 Å². The van der Waals surface area contributed by atoms with Gasteiger partial charge in [0.15, 0.2) is 5.13 Å². The summed E-state index contributed by atoms with van der Waals surface area (Å²) in [4.78, 5) is 17.5. The van der Waals surface area contributed by atoms with Crippen LogP contribution in [0.3, 0.4) is 0 Å². The van der Waals surface area contributed by atoms with Crippen molar-refractivity contribution < 1.29 is 23.0 Å². The van der Waals surface area contributed by atoms with Gasteiger partial charge in [-0.3, -0.25) is 10.1 Å². The van der Waals surface area contributed by atoms with E-state index in [9.17, 15) is 13.6 Å². The fourth-order valence-electron chi connectivity index (χ4n) is 3.09. The number of aryl methyl sites for hydroxylation is 1. The topological polar surface area (TPSA) is 60.5 Å². The number of halogens is 2. The highest BCUT2D eigenvalue weighted by molar-refractivity contribution is 7.16. The zero-order chi connectivity index (χ0) is 19.2. The quantitative estimate of drug-likeness (QED) is 0.715. The molecule has 1 fully saturated rings. The number of hydrogen-bond donors (Lipinski definition) is 1. The van der Waals surface area contributed by atoms with E-state index < -0.39 is 6.61 Å². The van der Waals surface area contributed by atoms with E-state index in [1.54, 1.807) is 12.1 Å². The van der Waals surface area contributed by atoms with Gasteiger partial charge in [-0.1, -0.05) is 19.3 Å². The summed E-state index contributed by atoms with van der Waals surface area (Å²) in [6.07, 6.45) is 5.75. The summed E-state index contributed by atoms with van der Waals surface area (Å²) in [7, 11) is 0. The minimum absolute atomic E-state index is 0.0261. The lowest BCUT2D eigenvalue weighted by Crippen LogP contribution is -2.24. The minimum Gasteiger partial charge on any atom is -0.435 e. The Morgan fingerprint density at radius 3 is 2.63 bits per heavy atom. The molecule has 0 spiro atoms. The third-order valence-electron chi connectivity index (χ3n) is 4.40. The molecule has 146 valence electrons. The van der Waals surface area contributed by atoms with Crippen LogP contribution in [0.5, 0.6) is 5.75 Å². The fraction of sp³-hybridized carbons (Fsp3) is 0.474. The van der Waals surface area contributed by atoms with Crippen LogP contribution in [0, 0.1) is 6.92 Å². The molecule has 1 saturated carbocycles. The molecular weight excluding hydrogens is 374 g/mol. The Balaban J connectivity index is 1.57. The molecule has 1 aliphatic carbocycles. The third-order valence-corrected chi connectivity index (χ3v) is 5.28. The molecule has 5 nitrogen and oxygen atoms in total. The molecule has 0 atom stereocenters. The van der Waals surface area contributed by atoms with E-state index in [1.807, 2.05) is 6.92 Å². The summed E-state index contributed by atoms with van der Waals surface area (Å²) in [5.74, 6) is -0.128. The number of carbonyl (C=O) groups excluding carboxylic acids is 1. The fourth-order valence-corrected chi connectivity index (χ4v) is 3.94. The number of benzene rings is 1. The minimum atomic E-state index is -2.85. The van der Waals surface area contributed by atoms with Crippen molar-refractivity contribution in [3.8, 4) is 17.0 Å². The summed E-state index contributed by atoms with van der Waals surface area (Å²) in [6.45, 7) is -0.933. The lowest BCUT2D eigenvalue weighted by molar-refractivity contribution is -0.123. The first kappa shape index (κ1) is 19.7. The zero-order valence-electron chi connectivity index (χ0n) is 15.0. The Hall–Kier alpha value is -2.06. The molecule has 1 aromatic carbocycles. The summed E-state index contributed by atoms with van der Waals surface area (Å²) < 4.78 is 34.5. The van der Waals surface area contributed by atoms with Gasteiger partial charge in [-0.05, 0) is 44.0 Å². The molecule has 8 heteroatoms. The van der Waals surface area contributed by atoms with Crippen molar-refractivity contribution in [3.05, 3.63) is 29.1 Å². The van der Waals surface area contributed by atoms with Crippen molar-refractivity contribution in [1.82, 2.24) is 4.98 Å². The number of rotatable bonds is 7. The molecule has 1 aliphatic rings. The Kier molecular flexibility index (Phi) is 6.73. The van der Waals surface area contributed by atoms with Crippen LogP contribution in [0.2, 0.25) is 0 Å². The Labute approximate surface area is 160 Å². The molecule has 0 radical (unpaired) electrons. The van der Waals surface area contributed by atoms with E-state index in [-0.39, 0.29) is 24.4 Å². The first-order valence-electron chi connectivity index (χ1n) is 8.95. The summed E-state index contributed by atoms with van der Waals surface area (Å²) in [5.41, 5.74) is 1.47. The summed E-state index contributed by atoms with van der Waals surface area (Å²) in [5, 5.41) is 3.26. The van der Waals surface area contributed by atoms with Gasteiger partial charge in [-0.15, -0.1) is 11.3 Å². The van der Waals surface area contributed by atoms with Crippen LogP contribution < -0.4 is 10.1 Å². The second-order valence-corrected chi connectivity index (χ2v) is 7.65. The maximum atomic E-state index is 12.2. The second kappa shape index (κ2) is 9.23. The van der Waals surface area contributed by atoms with E-state index in [2.05, 4.69) is 15.0 Å². The highest BCUT2D eigenvalue weighted by Crippen LogP contribution is 2.31. The number of ether oxygens (including phenoxy) is 2. The van der Waals surface area contributed by atoms with Crippen LogP contribution >= 0.6 is 11.3 Å². The number of carbonyl (C=O) groups is 1. The molecule has 1 amide bonds. The number of nitrogens with one attached hydrogen (secondary N) is 1. The van der Waals surface area contributed by atoms with Gasteiger partial charge in [0, 0.05) is 10.4 Å². The van der Waals surface area contributed by atoms with Gasteiger partial charge in [-0.25, -0.2) is 4.98 Å². The number of alkyl halides is 2. The van der Waals surface area contributed by atoms with E-state index in [0.717, 1.165) is 36.1 Å². The predicted molar refractivity (Wildman–Crippen MR) is 100 cm³/mol. The van der Waals surface area contributed by atoms with Crippen LogP contribution in [0.25, 0.3) is 11.3 Å². The average molecular weight is 396 g/mol. The van der Waals surface area contributed by atoms with Crippen molar-refractivity contribution in [1.29, 1.82) is 0 Å². The van der Waals surface area contributed by atoms with Crippen molar-refractivity contribution in [2.24, 2.45) is 0 Å². The number of anilines is 1. The van der Waals surface area contributed by atoms with Crippen LogP contribution in [-0.4, -0.2) is 30.2 Å². The molecule has 1 aromatic heterocycles. The van der Waals surface area contributed by atoms with Gasteiger partial charge in [0.05, 0.1) is 11.8 Å². The second-order valence-electron chi connectivity index (χ2n) is 6.45. The van der Waals surface area contributed by atoms with E-state index in [1.165, 1.54) is 29.9 Å². The molecule has 27 heavy (non-hydrogen) atoms. The number of hydrogen-bond acceptors (Lipinski definition) is 5. The SMILES string of the molecule is Cc1sc(NC(=O)COC2CCCCC2)nc1-c1ccc(OC(F)F)cc1. The maximum absolute atomic E-state index is 12.2. The van der Waals surface area contributed by atoms with E-state index in [4.69, 9.17) is 4.74 Å². The highest BCUT2D eigenvalue weighted by Gasteiger charge is 2.17. The smallest absolute Gasteiger partial charge is 0.387 e. The van der Waals surface area contributed by atoms with Crippen LogP contribution in [0.4, 0.5) is 13.9 Å². The van der Waals surface area contributed by atoms with Gasteiger partial charge in [0.2, 0.25) is 0 Å². The molecule has 0 saturated heterocycles. The molecule has 0 unspecified atom stereocenters. The van der Waals surface area contributed by atoms with Gasteiger partial charge < -0.3 is 9.47 Å². The first-order valence-corrected chi connectivity index (χ1v) is 9.77. The van der Waals surface area contributed by atoms with Crippen LogP contribution in [0.15, 0.2) is 24.3 Å². The zero-order valence-corrected chi connectivity index (χ0v) is 15.9. The van der Waals surface area contributed by atoms with Gasteiger partial charge in [0.1, 0.15) is 12.4 Å². The Morgan fingerprint density at radius 2 is 1.96 bits per heavy atom.